The maximum absolute atomic E-state index is 13.6. The van der Waals surface area contributed by atoms with Crippen LogP contribution in [0.15, 0.2) is 40.9 Å². The Morgan fingerprint density at radius 2 is 1.90 bits per heavy atom. The minimum atomic E-state index is -1.20. The van der Waals surface area contributed by atoms with Crippen LogP contribution in [0.2, 0.25) is 0 Å². The molecule has 0 aliphatic heterocycles. The zero-order valence-electron chi connectivity index (χ0n) is 10.1. The van der Waals surface area contributed by atoms with E-state index in [9.17, 15) is 18.9 Å². The predicted molar refractivity (Wildman–Crippen MR) is 74.5 cm³/mol. The minimum absolute atomic E-state index is 0.117. The van der Waals surface area contributed by atoms with Crippen molar-refractivity contribution in [3.05, 3.63) is 68.2 Å². The number of hydrogen-bond donors (Lipinski definition) is 1. The van der Waals surface area contributed by atoms with Gasteiger partial charge in [0.2, 0.25) is 5.82 Å². The van der Waals surface area contributed by atoms with E-state index in [0.717, 1.165) is 16.1 Å². The van der Waals surface area contributed by atoms with Gasteiger partial charge >= 0.3 is 5.69 Å². The van der Waals surface area contributed by atoms with Gasteiger partial charge in [-0.05, 0) is 11.6 Å². The van der Waals surface area contributed by atoms with Crippen molar-refractivity contribution in [3.63, 3.8) is 0 Å². The fraction of sp³-hybridized carbons (Fsp3) is 0.0769. The summed E-state index contributed by atoms with van der Waals surface area (Å²) in [5, 5.41) is 13.3. The molecule has 0 fully saturated rings. The topological polar surface area (TPSA) is 55.2 Å². The zero-order chi connectivity index (χ0) is 14.7. The predicted octanol–water partition coefficient (Wildman–Crippen LogP) is 4.25. The molecule has 0 aliphatic carbocycles. The Kier molecular flexibility index (Phi) is 4.29. The molecule has 7 heteroatoms. The van der Waals surface area contributed by atoms with E-state index in [0.29, 0.717) is 6.07 Å². The number of benzene rings is 2. The summed E-state index contributed by atoms with van der Waals surface area (Å²) in [5.41, 5.74) is -0.0336. The van der Waals surface area contributed by atoms with Gasteiger partial charge in [0.15, 0.2) is 0 Å². The molecule has 104 valence electrons. The van der Waals surface area contributed by atoms with Crippen LogP contribution in [0.4, 0.5) is 20.2 Å². The van der Waals surface area contributed by atoms with Crippen LogP contribution in [0, 0.1) is 21.7 Å². The average Bonchev–Trinajstić information content (AvgIpc) is 2.39. The van der Waals surface area contributed by atoms with Crippen molar-refractivity contribution in [2.24, 2.45) is 0 Å². The van der Waals surface area contributed by atoms with E-state index in [2.05, 4.69) is 21.2 Å². The van der Waals surface area contributed by atoms with Gasteiger partial charge in [-0.25, -0.2) is 4.39 Å². The van der Waals surface area contributed by atoms with Gasteiger partial charge in [0.25, 0.3) is 0 Å². The summed E-state index contributed by atoms with van der Waals surface area (Å²) in [6.07, 6.45) is 0. The highest BCUT2D eigenvalue weighted by Gasteiger charge is 2.18. The third-order valence-electron chi connectivity index (χ3n) is 2.66. The van der Waals surface area contributed by atoms with E-state index in [-0.39, 0.29) is 12.2 Å². The SMILES string of the molecule is O=[N+]([O-])c1cc(NCc2ccccc2Br)c(F)cc1F. The molecule has 0 saturated carbocycles. The lowest BCUT2D eigenvalue weighted by molar-refractivity contribution is -0.387. The molecular weight excluding hydrogens is 334 g/mol. The number of rotatable bonds is 4. The van der Waals surface area contributed by atoms with Crippen LogP contribution in [0.1, 0.15) is 5.56 Å². The molecule has 0 aromatic heterocycles. The standard InChI is InChI=1S/C13H9BrF2N2O2/c14-9-4-2-1-3-8(9)7-17-12-6-13(18(19)20)11(16)5-10(12)15/h1-6,17H,7H2. The Bertz CT molecular complexity index is 665. The summed E-state index contributed by atoms with van der Waals surface area (Å²) in [6.45, 7) is 0.251. The first kappa shape index (κ1) is 14.4. The highest BCUT2D eigenvalue weighted by atomic mass is 79.9. The second kappa shape index (κ2) is 5.96. The molecule has 0 bridgehead atoms. The Morgan fingerprint density at radius 1 is 1.20 bits per heavy atom. The second-order valence-corrected chi connectivity index (χ2v) is 4.84. The van der Waals surface area contributed by atoms with Crippen LogP contribution in [0.25, 0.3) is 0 Å². The largest absolute Gasteiger partial charge is 0.378 e. The number of hydrogen-bond acceptors (Lipinski definition) is 3. The molecule has 0 heterocycles. The number of anilines is 1. The van der Waals surface area contributed by atoms with Crippen molar-refractivity contribution in [1.82, 2.24) is 0 Å². The number of nitrogens with zero attached hydrogens (tertiary/aromatic N) is 1. The zero-order valence-corrected chi connectivity index (χ0v) is 11.7. The maximum Gasteiger partial charge on any atom is 0.307 e. The summed E-state index contributed by atoms with van der Waals surface area (Å²) in [5.74, 6) is -2.07. The van der Waals surface area contributed by atoms with Crippen molar-refractivity contribution in [1.29, 1.82) is 0 Å². The van der Waals surface area contributed by atoms with E-state index in [4.69, 9.17) is 0 Å². The van der Waals surface area contributed by atoms with Crippen molar-refractivity contribution < 1.29 is 13.7 Å². The third kappa shape index (κ3) is 3.11. The molecular formula is C13H9BrF2N2O2. The van der Waals surface area contributed by atoms with E-state index in [1.807, 2.05) is 24.3 Å². The summed E-state index contributed by atoms with van der Waals surface area (Å²) in [7, 11) is 0. The van der Waals surface area contributed by atoms with E-state index < -0.39 is 22.2 Å². The molecule has 2 rings (SSSR count). The molecule has 0 spiro atoms. The van der Waals surface area contributed by atoms with Crippen molar-refractivity contribution in [2.75, 3.05) is 5.32 Å². The highest BCUT2D eigenvalue weighted by Crippen LogP contribution is 2.26. The first-order valence-corrected chi connectivity index (χ1v) is 6.39. The van der Waals surface area contributed by atoms with Gasteiger partial charge in [0, 0.05) is 23.2 Å². The maximum atomic E-state index is 13.6. The average molecular weight is 343 g/mol. The Hall–Kier alpha value is -2.02. The van der Waals surface area contributed by atoms with Gasteiger partial charge in [-0.15, -0.1) is 0 Å². The molecule has 0 radical (unpaired) electrons. The molecule has 2 aromatic rings. The highest BCUT2D eigenvalue weighted by molar-refractivity contribution is 9.10. The summed E-state index contributed by atoms with van der Waals surface area (Å²) < 4.78 is 27.6. The van der Waals surface area contributed by atoms with Gasteiger partial charge in [0.05, 0.1) is 10.6 Å². The van der Waals surface area contributed by atoms with Gasteiger partial charge in [0.1, 0.15) is 5.82 Å². The molecule has 0 atom stereocenters. The first-order valence-electron chi connectivity index (χ1n) is 5.59. The van der Waals surface area contributed by atoms with E-state index in [1.54, 1.807) is 0 Å². The normalized spacial score (nSPS) is 10.3. The van der Waals surface area contributed by atoms with Crippen LogP contribution in [-0.2, 0) is 6.54 Å². The van der Waals surface area contributed by atoms with Crippen molar-refractivity contribution in [2.45, 2.75) is 6.54 Å². The Labute approximate surface area is 121 Å². The van der Waals surface area contributed by atoms with Gasteiger partial charge in [-0.3, -0.25) is 10.1 Å². The Morgan fingerprint density at radius 3 is 2.55 bits per heavy atom. The molecule has 2 aromatic carbocycles. The van der Waals surface area contributed by atoms with Gasteiger partial charge < -0.3 is 5.32 Å². The fourth-order valence-electron chi connectivity index (χ4n) is 1.65. The van der Waals surface area contributed by atoms with Crippen LogP contribution in [0.5, 0.6) is 0 Å². The number of nitrogens with one attached hydrogen (secondary N) is 1. The lowest BCUT2D eigenvalue weighted by atomic mass is 10.2. The molecule has 0 aliphatic rings. The fourth-order valence-corrected chi connectivity index (χ4v) is 2.07. The summed E-state index contributed by atoms with van der Waals surface area (Å²) in [4.78, 5) is 9.73. The van der Waals surface area contributed by atoms with Crippen molar-refractivity contribution >= 4 is 27.3 Å². The van der Waals surface area contributed by atoms with Gasteiger partial charge in [-0.1, -0.05) is 34.1 Å². The van der Waals surface area contributed by atoms with Gasteiger partial charge in [-0.2, -0.15) is 4.39 Å². The smallest absolute Gasteiger partial charge is 0.307 e. The van der Waals surface area contributed by atoms with E-state index in [1.165, 1.54) is 0 Å². The molecule has 20 heavy (non-hydrogen) atoms. The number of nitro benzene ring substituents is 1. The van der Waals surface area contributed by atoms with Crippen LogP contribution in [0.3, 0.4) is 0 Å². The van der Waals surface area contributed by atoms with Crippen molar-refractivity contribution in [3.8, 4) is 0 Å². The summed E-state index contributed by atoms with van der Waals surface area (Å²) >= 11 is 3.34. The first-order chi connectivity index (χ1) is 9.49. The number of halogens is 3. The Balaban J connectivity index is 2.24. The second-order valence-electron chi connectivity index (χ2n) is 3.99. The minimum Gasteiger partial charge on any atom is -0.378 e. The third-order valence-corrected chi connectivity index (χ3v) is 3.43. The van der Waals surface area contributed by atoms with Crippen LogP contribution >= 0.6 is 15.9 Å². The van der Waals surface area contributed by atoms with Crippen LogP contribution < -0.4 is 5.32 Å². The van der Waals surface area contributed by atoms with Crippen LogP contribution in [-0.4, -0.2) is 4.92 Å². The molecule has 4 nitrogen and oxygen atoms in total. The quantitative estimate of drug-likeness (QED) is 0.667. The lowest BCUT2D eigenvalue weighted by Crippen LogP contribution is -2.04. The monoisotopic (exact) mass is 342 g/mol. The molecule has 0 saturated heterocycles. The molecule has 0 unspecified atom stereocenters. The molecule has 1 N–H and O–H groups in total. The molecule has 0 amide bonds. The number of nitro groups is 1. The summed E-state index contributed by atoms with van der Waals surface area (Å²) in [6, 6.07) is 8.62. The van der Waals surface area contributed by atoms with E-state index >= 15 is 0 Å². The lowest BCUT2D eigenvalue weighted by Gasteiger charge is -2.09.